The van der Waals surface area contributed by atoms with Crippen LogP contribution in [0.15, 0.2) is 24.3 Å². The minimum atomic E-state index is -0.818. The fraction of sp³-hybridized carbons (Fsp3) is 0.698. The summed E-state index contributed by atoms with van der Waals surface area (Å²) in [5, 5.41) is 2.85. The Kier molecular flexibility index (Phi) is 21.0. The Morgan fingerprint density at radius 3 is 2.11 bits per heavy atom. The van der Waals surface area contributed by atoms with Gasteiger partial charge in [0.15, 0.2) is 11.6 Å². The van der Waals surface area contributed by atoms with E-state index in [1.54, 1.807) is 43.3 Å². The number of likely N-dealkylation sites (N-methyl/N-ethyl adjacent to an activating group) is 2. The number of nitrogens with one attached hydrogen (secondary N) is 1. The lowest BCUT2D eigenvalue weighted by Crippen LogP contribution is -2.53. The highest BCUT2D eigenvalue weighted by Gasteiger charge is 2.40. The lowest BCUT2D eigenvalue weighted by atomic mass is 9.83. The van der Waals surface area contributed by atoms with Crippen LogP contribution in [0, 0.1) is 23.7 Å². The molecule has 14 heteroatoms. The van der Waals surface area contributed by atoms with Crippen LogP contribution < -0.4 is 5.32 Å². The zero-order valence-corrected chi connectivity index (χ0v) is 36.9. The van der Waals surface area contributed by atoms with Gasteiger partial charge in [-0.25, -0.2) is 4.79 Å². The number of likely N-dealkylation sites (tertiary alicyclic amines) is 1. The molecular weight excluding hydrogens is 749 g/mol. The number of ketones is 3. The van der Waals surface area contributed by atoms with Crippen molar-refractivity contribution < 1.29 is 43.0 Å². The number of benzene rings is 1. The molecule has 6 atom stereocenters. The number of methoxy groups -OCH3 is 1. The highest BCUT2D eigenvalue weighted by atomic mass is 32.2. The SMILES string of the molecule is CC[C@H](C)[C@@H]([C@@H](CC(C)=O)OC)N(C)C(=O)[C@@H](CC(=O)C(C(C)C)N(C)C(=O)OCc1ccc(NCC(=O)CCCCCN2C(=O)CC(SC)C2=O)cc1)C(C)C. The molecule has 4 amide bonds. The van der Waals surface area contributed by atoms with Crippen LogP contribution in [0.25, 0.3) is 0 Å². The number of thioether (sulfide) groups is 1. The average molecular weight is 817 g/mol. The molecule has 13 nitrogen and oxygen atoms in total. The number of anilines is 1. The topological polar surface area (TPSA) is 160 Å². The number of ether oxygens (including phenoxy) is 2. The van der Waals surface area contributed by atoms with Crippen LogP contribution in [0.2, 0.25) is 0 Å². The first-order valence-corrected chi connectivity index (χ1v) is 21.6. The van der Waals surface area contributed by atoms with E-state index >= 15 is 0 Å². The summed E-state index contributed by atoms with van der Waals surface area (Å²) < 4.78 is 11.3. The second kappa shape index (κ2) is 24.2. The van der Waals surface area contributed by atoms with Crippen LogP contribution in [0.5, 0.6) is 0 Å². The summed E-state index contributed by atoms with van der Waals surface area (Å²) in [6.07, 6.45) is 4.34. The van der Waals surface area contributed by atoms with Crippen LogP contribution >= 0.6 is 11.8 Å². The summed E-state index contributed by atoms with van der Waals surface area (Å²) in [6, 6.07) is 6.01. The average Bonchev–Trinajstić information content (AvgIpc) is 3.44. The van der Waals surface area contributed by atoms with Crippen molar-refractivity contribution in [1.29, 1.82) is 0 Å². The van der Waals surface area contributed by atoms with Crippen molar-refractivity contribution >= 4 is 58.6 Å². The molecule has 1 aliphatic rings. The van der Waals surface area contributed by atoms with Gasteiger partial charge in [0.1, 0.15) is 12.4 Å². The van der Waals surface area contributed by atoms with Gasteiger partial charge in [-0.1, -0.05) is 66.5 Å². The second-order valence-electron chi connectivity index (χ2n) is 16.1. The van der Waals surface area contributed by atoms with E-state index in [9.17, 15) is 33.6 Å². The lowest BCUT2D eigenvalue weighted by Gasteiger charge is -2.40. The third-order valence-electron chi connectivity index (χ3n) is 11.0. The molecule has 57 heavy (non-hydrogen) atoms. The Labute approximate surface area is 344 Å². The number of imide groups is 1. The molecule has 0 spiro atoms. The number of carbonyl (C=O) groups excluding carboxylic acids is 7. The maximum absolute atomic E-state index is 14.1. The van der Waals surface area contributed by atoms with E-state index in [0.717, 1.165) is 24.1 Å². The maximum atomic E-state index is 14.1. The van der Waals surface area contributed by atoms with Crippen LogP contribution in [0.1, 0.15) is 105 Å². The van der Waals surface area contributed by atoms with Crippen LogP contribution in [-0.4, -0.2) is 120 Å². The third-order valence-corrected chi connectivity index (χ3v) is 12.0. The standard InChI is InChI=1S/C43H68N4O9S/c1-12-29(6)40(36(55-10)22-30(7)48)45(8)41(52)34(27(2)3)23-35(50)39(28(4)5)46(9)43(54)56-26-31-17-19-32(20-18-31)44-25-33(49)16-14-13-15-21-47-38(51)24-37(57-11)42(47)53/h17-20,27-29,34,36-37,39-40,44H,12-16,21-26H2,1-11H3/t29-,34-,36+,37?,39?,40-/m0/s1. The van der Waals surface area contributed by atoms with Gasteiger partial charge in [0.05, 0.1) is 30.0 Å². The Balaban J connectivity index is 1.91. The van der Waals surface area contributed by atoms with E-state index < -0.39 is 24.2 Å². The molecule has 1 fully saturated rings. The first kappa shape index (κ1) is 49.4. The molecular formula is C43H68N4O9S. The first-order chi connectivity index (χ1) is 26.9. The molecule has 1 heterocycles. The van der Waals surface area contributed by atoms with Gasteiger partial charge in [-0.3, -0.25) is 33.7 Å². The van der Waals surface area contributed by atoms with Crippen molar-refractivity contribution in [3.63, 3.8) is 0 Å². The largest absolute Gasteiger partial charge is 0.445 e. The van der Waals surface area contributed by atoms with Gasteiger partial charge < -0.3 is 24.6 Å². The maximum Gasteiger partial charge on any atom is 0.410 e. The Hall–Kier alpha value is -3.78. The minimum Gasteiger partial charge on any atom is -0.445 e. The molecule has 1 aliphatic heterocycles. The quantitative estimate of drug-likeness (QED) is 0.0814. The lowest BCUT2D eigenvalue weighted by molar-refractivity contribution is -0.146. The molecule has 1 N–H and O–H groups in total. The Morgan fingerprint density at radius 2 is 1.58 bits per heavy atom. The van der Waals surface area contributed by atoms with E-state index in [-0.39, 0.29) is 96.5 Å². The van der Waals surface area contributed by atoms with Gasteiger partial charge in [0.25, 0.3) is 0 Å². The van der Waals surface area contributed by atoms with Gasteiger partial charge in [-0.2, -0.15) is 11.8 Å². The number of amides is 4. The fourth-order valence-electron chi connectivity index (χ4n) is 7.46. The molecule has 1 saturated heterocycles. The van der Waals surface area contributed by atoms with E-state index in [1.807, 2.05) is 47.8 Å². The normalized spacial score (nSPS) is 16.9. The van der Waals surface area contributed by atoms with Crippen LogP contribution in [0.3, 0.4) is 0 Å². The summed E-state index contributed by atoms with van der Waals surface area (Å²) in [4.78, 5) is 94.4. The predicted octanol–water partition coefficient (Wildman–Crippen LogP) is 6.41. The van der Waals surface area contributed by atoms with Crippen molar-refractivity contribution in [3.05, 3.63) is 29.8 Å². The van der Waals surface area contributed by atoms with Crippen molar-refractivity contribution in [2.24, 2.45) is 23.7 Å². The molecule has 0 aliphatic carbocycles. The number of Topliss-reactive ketones (excluding diaryl/α,β-unsaturated/α-hetero) is 3. The highest BCUT2D eigenvalue weighted by Crippen LogP contribution is 2.28. The Bertz CT molecular complexity index is 1520. The van der Waals surface area contributed by atoms with Gasteiger partial charge >= 0.3 is 6.09 Å². The van der Waals surface area contributed by atoms with Crippen molar-refractivity contribution in [2.45, 2.75) is 130 Å². The van der Waals surface area contributed by atoms with E-state index in [4.69, 9.17) is 9.47 Å². The van der Waals surface area contributed by atoms with E-state index in [1.165, 1.54) is 35.5 Å². The molecule has 0 radical (unpaired) electrons. The van der Waals surface area contributed by atoms with Crippen LogP contribution in [-0.2, 0) is 44.8 Å². The summed E-state index contributed by atoms with van der Waals surface area (Å²) in [7, 11) is 4.80. The summed E-state index contributed by atoms with van der Waals surface area (Å²) in [6.45, 7) is 13.6. The molecule has 1 aromatic rings. The van der Waals surface area contributed by atoms with Crippen molar-refractivity contribution in [3.8, 4) is 0 Å². The summed E-state index contributed by atoms with van der Waals surface area (Å²) in [5.41, 5.74) is 1.46. The van der Waals surface area contributed by atoms with Gasteiger partial charge in [-0.05, 0) is 61.5 Å². The number of carbonyl (C=O) groups is 7. The zero-order valence-electron chi connectivity index (χ0n) is 36.1. The third kappa shape index (κ3) is 14.8. The molecule has 0 bridgehead atoms. The monoisotopic (exact) mass is 816 g/mol. The zero-order chi connectivity index (χ0) is 43.0. The van der Waals surface area contributed by atoms with Crippen molar-refractivity contribution in [1.82, 2.24) is 14.7 Å². The number of hydrogen-bond acceptors (Lipinski definition) is 11. The highest BCUT2D eigenvalue weighted by molar-refractivity contribution is 8.00. The molecule has 320 valence electrons. The van der Waals surface area contributed by atoms with Crippen molar-refractivity contribution in [2.75, 3.05) is 45.9 Å². The summed E-state index contributed by atoms with van der Waals surface area (Å²) >= 11 is 1.40. The number of hydrogen-bond donors (Lipinski definition) is 1. The van der Waals surface area contributed by atoms with Crippen LogP contribution in [0.4, 0.5) is 10.5 Å². The molecule has 2 rings (SSSR count). The smallest absolute Gasteiger partial charge is 0.410 e. The van der Waals surface area contributed by atoms with Gasteiger partial charge in [-0.15, -0.1) is 0 Å². The number of unbranched alkanes of at least 4 members (excludes halogenated alkanes) is 2. The molecule has 0 aromatic heterocycles. The first-order valence-electron chi connectivity index (χ1n) is 20.3. The van der Waals surface area contributed by atoms with Gasteiger partial charge in [0.2, 0.25) is 17.7 Å². The summed E-state index contributed by atoms with van der Waals surface area (Å²) in [5.74, 6) is -1.65. The van der Waals surface area contributed by atoms with E-state index in [2.05, 4.69) is 5.32 Å². The Morgan fingerprint density at radius 1 is 0.930 bits per heavy atom. The number of rotatable bonds is 26. The second-order valence-corrected chi connectivity index (χ2v) is 17.1. The predicted molar refractivity (Wildman–Crippen MR) is 224 cm³/mol. The van der Waals surface area contributed by atoms with Gasteiger partial charge in [0, 0.05) is 65.0 Å². The minimum absolute atomic E-state index is 0.0240. The molecule has 0 saturated carbocycles. The van der Waals surface area contributed by atoms with E-state index in [0.29, 0.717) is 25.8 Å². The number of nitrogens with zero attached hydrogens (tertiary/aromatic N) is 3. The molecule has 2 unspecified atom stereocenters. The molecule has 1 aromatic carbocycles. The fourth-order valence-corrected chi connectivity index (χ4v) is 8.10.